The number of hydrogen-bond donors (Lipinski definition) is 0. The lowest BCUT2D eigenvalue weighted by atomic mass is 9.99. The van der Waals surface area contributed by atoms with Crippen LogP contribution in [0.4, 0.5) is 0 Å². The standard InChI is InChI=1S/C13H20/c1-4-5-6-9-13-10-7-8-11(2)12(13)3/h7-8,10H,4-6,9H2,1-3H3. The van der Waals surface area contributed by atoms with Crippen molar-refractivity contribution in [2.45, 2.75) is 46.5 Å². The van der Waals surface area contributed by atoms with Gasteiger partial charge in [0.2, 0.25) is 0 Å². The topological polar surface area (TPSA) is 0 Å². The van der Waals surface area contributed by atoms with Gasteiger partial charge in [0.05, 0.1) is 0 Å². The number of benzene rings is 1. The molecular formula is C13H20. The molecule has 0 aromatic heterocycles. The van der Waals surface area contributed by atoms with Gasteiger partial charge in [0.25, 0.3) is 0 Å². The van der Waals surface area contributed by atoms with Gasteiger partial charge in [0, 0.05) is 0 Å². The molecule has 0 N–H and O–H groups in total. The van der Waals surface area contributed by atoms with E-state index in [0.29, 0.717) is 0 Å². The van der Waals surface area contributed by atoms with Crippen molar-refractivity contribution in [3.8, 4) is 0 Å². The SMILES string of the molecule is CCCCCc1cccc(C)c1C. The van der Waals surface area contributed by atoms with E-state index in [1.54, 1.807) is 0 Å². The van der Waals surface area contributed by atoms with E-state index in [4.69, 9.17) is 0 Å². The summed E-state index contributed by atoms with van der Waals surface area (Å²) in [6, 6.07) is 6.63. The molecule has 0 heteroatoms. The maximum atomic E-state index is 2.26. The van der Waals surface area contributed by atoms with Gasteiger partial charge < -0.3 is 0 Å². The molecule has 13 heavy (non-hydrogen) atoms. The third-order valence-electron chi connectivity index (χ3n) is 2.77. The van der Waals surface area contributed by atoms with Crippen molar-refractivity contribution in [2.24, 2.45) is 0 Å². The van der Waals surface area contributed by atoms with Crippen molar-refractivity contribution in [1.29, 1.82) is 0 Å². The summed E-state index contributed by atoms with van der Waals surface area (Å²) in [6.07, 6.45) is 5.25. The number of hydrogen-bond acceptors (Lipinski definition) is 0. The summed E-state index contributed by atoms with van der Waals surface area (Å²) >= 11 is 0. The molecule has 0 unspecified atom stereocenters. The van der Waals surface area contributed by atoms with Crippen molar-refractivity contribution in [3.63, 3.8) is 0 Å². The fourth-order valence-corrected chi connectivity index (χ4v) is 1.65. The highest BCUT2D eigenvalue weighted by atomic mass is 14.0. The van der Waals surface area contributed by atoms with Crippen LogP contribution in [0.3, 0.4) is 0 Å². The van der Waals surface area contributed by atoms with Crippen LogP contribution in [0.25, 0.3) is 0 Å². The Hall–Kier alpha value is -0.780. The second kappa shape index (κ2) is 5.06. The zero-order chi connectivity index (χ0) is 9.68. The number of unbranched alkanes of at least 4 members (excludes halogenated alkanes) is 2. The van der Waals surface area contributed by atoms with Crippen LogP contribution in [0.15, 0.2) is 18.2 Å². The largest absolute Gasteiger partial charge is 0.0654 e. The normalized spacial score (nSPS) is 10.4. The van der Waals surface area contributed by atoms with Crippen LogP contribution in [-0.2, 0) is 6.42 Å². The van der Waals surface area contributed by atoms with E-state index in [9.17, 15) is 0 Å². The fraction of sp³-hybridized carbons (Fsp3) is 0.538. The molecule has 0 spiro atoms. The summed E-state index contributed by atoms with van der Waals surface area (Å²) in [5, 5.41) is 0. The molecular weight excluding hydrogens is 156 g/mol. The van der Waals surface area contributed by atoms with Crippen molar-refractivity contribution in [1.82, 2.24) is 0 Å². The van der Waals surface area contributed by atoms with Gasteiger partial charge in [-0.05, 0) is 43.4 Å². The third-order valence-corrected chi connectivity index (χ3v) is 2.77. The van der Waals surface area contributed by atoms with E-state index in [1.165, 1.54) is 42.4 Å². The summed E-state index contributed by atoms with van der Waals surface area (Å²) in [6.45, 7) is 6.68. The maximum Gasteiger partial charge on any atom is -0.0276 e. The minimum absolute atomic E-state index is 1.25. The highest BCUT2D eigenvalue weighted by molar-refractivity contribution is 5.33. The summed E-state index contributed by atoms with van der Waals surface area (Å²) in [5.74, 6) is 0. The monoisotopic (exact) mass is 176 g/mol. The molecule has 0 heterocycles. The third kappa shape index (κ3) is 2.87. The van der Waals surface area contributed by atoms with Gasteiger partial charge in [-0.15, -0.1) is 0 Å². The van der Waals surface area contributed by atoms with E-state index in [1.807, 2.05) is 0 Å². The van der Waals surface area contributed by atoms with E-state index in [-0.39, 0.29) is 0 Å². The predicted octanol–water partition coefficient (Wildman–Crippen LogP) is 4.04. The Morgan fingerprint density at radius 3 is 2.54 bits per heavy atom. The summed E-state index contributed by atoms with van der Waals surface area (Å²) in [4.78, 5) is 0. The van der Waals surface area contributed by atoms with Gasteiger partial charge >= 0.3 is 0 Å². The average molecular weight is 176 g/mol. The van der Waals surface area contributed by atoms with Gasteiger partial charge in [-0.25, -0.2) is 0 Å². The molecule has 1 aromatic carbocycles. The Balaban J connectivity index is 2.61. The highest BCUT2D eigenvalue weighted by Gasteiger charge is 1.99. The lowest BCUT2D eigenvalue weighted by Crippen LogP contribution is -1.92. The van der Waals surface area contributed by atoms with Crippen LogP contribution in [0, 0.1) is 13.8 Å². The second-order valence-electron chi connectivity index (χ2n) is 3.82. The van der Waals surface area contributed by atoms with Gasteiger partial charge in [-0.3, -0.25) is 0 Å². The molecule has 0 atom stereocenters. The van der Waals surface area contributed by atoms with Crippen LogP contribution in [0.5, 0.6) is 0 Å². The van der Waals surface area contributed by atoms with Gasteiger partial charge in [-0.2, -0.15) is 0 Å². The Kier molecular flexibility index (Phi) is 4.01. The fourth-order valence-electron chi connectivity index (χ4n) is 1.65. The van der Waals surface area contributed by atoms with Crippen molar-refractivity contribution < 1.29 is 0 Å². The smallest absolute Gasteiger partial charge is 0.0276 e. The average Bonchev–Trinajstić information content (AvgIpc) is 2.13. The first-order chi connectivity index (χ1) is 6.25. The molecule has 72 valence electrons. The highest BCUT2D eigenvalue weighted by Crippen LogP contribution is 2.15. The van der Waals surface area contributed by atoms with Gasteiger partial charge in [0.15, 0.2) is 0 Å². The van der Waals surface area contributed by atoms with Crippen LogP contribution >= 0.6 is 0 Å². The second-order valence-corrected chi connectivity index (χ2v) is 3.82. The Bertz CT molecular complexity index is 261. The van der Waals surface area contributed by atoms with Crippen LogP contribution in [0.2, 0.25) is 0 Å². The zero-order valence-corrected chi connectivity index (χ0v) is 9.06. The molecule has 0 nitrogen and oxygen atoms in total. The van der Waals surface area contributed by atoms with Crippen LogP contribution < -0.4 is 0 Å². The molecule has 1 aromatic rings. The molecule has 0 fully saturated rings. The number of rotatable bonds is 4. The number of aryl methyl sites for hydroxylation is 2. The Morgan fingerprint density at radius 1 is 1.08 bits per heavy atom. The Morgan fingerprint density at radius 2 is 1.85 bits per heavy atom. The Labute approximate surface area is 82.0 Å². The molecule has 1 rings (SSSR count). The quantitative estimate of drug-likeness (QED) is 0.607. The van der Waals surface area contributed by atoms with Gasteiger partial charge in [-0.1, -0.05) is 38.0 Å². The first-order valence-corrected chi connectivity index (χ1v) is 5.30. The molecule has 0 saturated carbocycles. The molecule has 0 saturated heterocycles. The zero-order valence-electron chi connectivity index (χ0n) is 9.06. The molecule has 0 radical (unpaired) electrons. The van der Waals surface area contributed by atoms with Crippen LogP contribution in [0.1, 0.15) is 42.9 Å². The van der Waals surface area contributed by atoms with Crippen LogP contribution in [-0.4, -0.2) is 0 Å². The van der Waals surface area contributed by atoms with E-state index >= 15 is 0 Å². The van der Waals surface area contributed by atoms with E-state index < -0.39 is 0 Å². The molecule has 0 bridgehead atoms. The van der Waals surface area contributed by atoms with Crippen molar-refractivity contribution in [2.75, 3.05) is 0 Å². The first-order valence-electron chi connectivity index (χ1n) is 5.30. The first kappa shape index (κ1) is 10.3. The lowest BCUT2D eigenvalue weighted by molar-refractivity contribution is 0.715. The summed E-state index contributed by atoms with van der Waals surface area (Å²) in [7, 11) is 0. The molecule has 0 aliphatic carbocycles. The van der Waals surface area contributed by atoms with Crippen molar-refractivity contribution in [3.05, 3.63) is 34.9 Å². The van der Waals surface area contributed by atoms with Crippen molar-refractivity contribution >= 4 is 0 Å². The summed E-state index contributed by atoms with van der Waals surface area (Å²) < 4.78 is 0. The van der Waals surface area contributed by atoms with E-state index in [2.05, 4.69) is 39.0 Å². The van der Waals surface area contributed by atoms with E-state index in [0.717, 1.165) is 0 Å². The molecule has 0 amide bonds. The lowest BCUT2D eigenvalue weighted by Gasteiger charge is -2.07. The minimum Gasteiger partial charge on any atom is -0.0654 e. The van der Waals surface area contributed by atoms with Gasteiger partial charge in [0.1, 0.15) is 0 Å². The molecule has 0 aliphatic heterocycles. The predicted molar refractivity (Wildman–Crippen MR) is 59.1 cm³/mol. The maximum absolute atomic E-state index is 2.26. The molecule has 0 aliphatic rings. The minimum atomic E-state index is 1.25. The summed E-state index contributed by atoms with van der Waals surface area (Å²) in [5.41, 5.74) is 4.45.